The molecule has 1 rings (SSSR count). The zero-order valence-electron chi connectivity index (χ0n) is 6.61. The Kier molecular flexibility index (Phi) is 2.80. The van der Waals surface area contributed by atoms with Gasteiger partial charge in [-0.25, -0.2) is 8.78 Å². The van der Waals surface area contributed by atoms with Gasteiger partial charge < -0.3 is 0 Å². The molecular weight excluding hydrogens is 146 g/mol. The maximum absolute atomic E-state index is 12.2. The quantitative estimate of drug-likeness (QED) is 0.578. The van der Waals surface area contributed by atoms with Crippen LogP contribution in [0.5, 0.6) is 0 Å². The molecule has 2 heteroatoms. The molecule has 0 heterocycles. The molecule has 0 aromatic rings. The van der Waals surface area contributed by atoms with Crippen LogP contribution >= 0.6 is 0 Å². The van der Waals surface area contributed by atoms with Gasteiger partial charge in [0, 0.05) is 5.57 Å². The Bertz CT molecular complexity index is 190. The molecule has 0 bridgehead atoms. The van der Waals surface area contributed by atoms with E-state index in [0.717, 1.165) is 24.8 Å². The van der Waals surface area contributed by atoms with Gasteiger partial charge >= 0.3 is 0 Å². The number of hydrogen-bond donors (Lipinski definition) is 0. The second-order valence-electron chi connectivity index (χ2n) is 2.65. The third-order valence-electron chi connectivity index (χ3n) is 1.98. The first-order chi connectivity index (χ1) is 5.25. The highest BCUT2D eigenvalue weighted by Gasteiger charge is 2.14. The summed E-state index contributed by atoms with van der Waals surface area (Å²) in [4.78, 5) is 0. The molecule has 0 saturated heterocycles. The van der Waals surface area contributed by atoms with Crippen LogP contribution in [0.25, 0.3) is 0 Å². The minimum atomic E-state index is -2.29. The smallest absolute Gasteiger partial charge is 0.205 e. The molecule has 0 unspecified atom stereocenters. The van der Waals surface area contributed by atoms with E-state index in [0.29, 0.717) is 0 Å². The van der Waals surface area contributed by atoms with Gasteiger partial charge in [0.25, 0.3) is 6.43 Å². The Hall–Kier alpha value is -0.660. The fourth-order valence-corrected chi connectivity index (χ4v) is 1.34. The van der Waals surface area contributed by atoms with Crippen molar-refractivity contribution in [1.29, 1.82) is 0 Å². The summed E-state index contributed by atoms with van der Waals surface area (Å²) in [6.45, 7) is 1.93. The number of alkyl halides is 2. The number of allylic oxidation sites excluding steroid dienone is 4. The standard InChI is InChI=1S/C9H12F2/c1-2-7-5-3-4-6-8(7)9(10)11/h4,6,9H,2-3,5H2,1H3. The monoisotopic (exact) mass is 158 g/mol. The average Bonchev–Trinajstić information content (AvgIpc) is 2.04. The average molecular weight is 158 g/mol. The Balaban J connectivity index is 2.83. The highest BCUT2D eigenvalue weighted by Crippen LogP contribution is 2.25. The second-order valence-corrected chi connectivity index (χ2v) is 2.65. The Labute approximate surface area is 65.6 Å². The molecule has 0 aromatic heterocycles. The molecule has 11 heavy (non-hydrogen) atoms. The van der Waals surface area contributed by atoms with Gasteiger partial charge in [0.2, 0.25) is 0 Å². The third kappa shape index (κ3) is 1.88. The van der Waals surface area contributed by atoms with Crippen LogP contribution in [0, 0.1) is 0 Å². The van der Waals surface area contributed by atoms with Crippen molar-refractivity contribution in [2.75, 3.05) is 0 Å². The van der Waals surface area contributed by atoms with Gasteiger partial charge in [-0.3, -0.25) is 0 Å². The Morgan fingerprint density at radius 2 is 2.27 bits per heavy atom. The van der Waals surface area contributed by atoms with Crippen LogP contribution in [0.1, 0.15) is 26.2 Å². The predicted octanol–water partition coefficient (Wildman–Crippen LogP) is 3.31. The van der Waals surface area contributed by atoms with Crippen LogP contribution in [0.3, 0.4) is 0 Å². The zero-order chi connectivity index (χ0) is 8.27. The molecule has 0 aliphatic heterocycles. The molecule has 0 fully saturated rings. The molecule has 0 N–H and O–H groups in total. The lowest BCUT2D eigenvalue weighted by molar-refractivity contribution is 0.191. The van der Waals surface area contributed by atoms with E-state index in [1.165, 1.54) is 0 Å². The van der Waals surface area contributed by atoms with Crippen LogP contribution in [0.15, 0.2) is 23.3 Å². The highest BCUT2D eigenvalue weighted by atomic mass is 19.3. The summed E-state index contributed by atoms with van der Waals surface area (Å²) in [7, 11) is 0. The van der Waals surface area contributed by atoms with E-state index >= 15 is 0 Å². The van der Waals surface area contributed by atoms with E-state index in [1.807, 2.05) is 13.0 Å². The van der Waals surface area contributed by atoms with Gasteiger partial charge in [-0.2, -0.15) is 0 Å². The molecule has 0 saturated carbocycles. The molecule has 0 atom stereocenters. The van der Waals surface area contributed by atoms with E-state index in [9.17, 15) is 8.78 Å². The lowest BCUT2D eigenvalue weighted by Crippen LogP contribution is -2.02. The predicted molar refractivity (Wildman–Crippen MR) is 41.7 cm³/mol. The van der Waals surface area contributed by atoms with Gasteiger partial charge in [-0.15, -0.1) is 0 Å². The van der Waals surface area contributed by atoms with Crippen LogP contribution < -0.4 is 0 Å². The van der Waals surface area contributed by atoms with Crippen LogP contribution in [-0.2, 0) is 0 Å². The van der Waals surface area contributed by atoms with Crippen molar-refractivity contribution in [3.05, 3.63) is 23.3 Å². The third-order valence-corrected chi connectivity index (χ3v) is 1.98. The zero-order valence-corrected chi connectivity index (χ0v) is 6.61. The van der Waals surface area contributed by atoms with Crippen molar-refractivity contribution in [2.24, 2.45) is 0 Å². The van der Waals surface area contributed by atoms with Gasteiger partial charge in [0.1, 0.15) is 0 Å². The summed E-state index contributed by atoms with van der Waals surface area (Å²) in [6, 6.07) is 0. The van der Waals surface area contributed by atoms with Crippen LogP contribution in [0.4, 0.5) is 8.78 Å². The summed E-state index contributed by atoms with van der Waals surface area (Å²) >= 11 is 0. The van der Waals surface area contributed by atoms with Crippen molar-refractivity contribution in [1.82, 2.24) is 0 Å². The maximum Gasteiger partial charge on any atom is 0.263 e. The van der Waals surface area contributed by atoms with E-state index < -0.39 is 6.43 Å². The number of hydrogen-bond acceptors (Lipinski definition) is 0. The highest BCUT2D eigenvalue weighted by molar-refractivity contribution is 5.31. The summed E-state index contributed by atoms with van der Waals surface area (Å²) < 4.78 is 24.5. The summed E-state index contributed by atoms with van der Waals surface area (Å²) in [6.07, 6.45) is 3.57. The number of halogens is 2. The van der Waals surface area contributed by atoms with Crippen molar-refractivity contribution in [3.8, 4) is 0 Å². The first kappa shape index (κ1) is 8.44. The van der Waals surface area contributed by atoms with E-state index in [-0.39, 0.29) is 5.57 Å². The van der Waals surface area contributed by atoms with Gasteiger partial charge in [0.15, 0.2) is 0 Å². The van der Waals surface area contributed by atoms with Gasteiger partial charge in [0.05, 0.1) is 0 Å². The van der Waals surface area contributed by atoms with Gasteiger partial charge in [-0.1, -0.05) is 24.6 Å². The molecule has 1 aliphatic carbocycles. The molecule has 0 nitrogen and oxygen atoms in total. The molecule has 1 aliphatic rings. The summed E-state index contributed by atoms with van der Waals surface area (Å²) in [5, 5.41) is 0. The van der Waals surface area contributed by atoms with Crippen molar-refractivity contribution >= 4 is 0 Å². The Morgan fingerprint density at radius 1 is 1.55 bits per heavy atom. The first-order valence-electron chi connectivity index (χ1n) is 3.92. The van der Waals surface area contributed by atoms with Crippen molar-refractivity contribution in [3.63, 3.8) is 0 Å². The molecule has 0 aromatic carbocycles. The topological polar surface area (TPSA) is 0 Å². The van der Waals surface area contributed by atoms with E-state index in [2.05, 4.69) is 0 Å². The maximum atomic E-state index is 12.2. The van der Waals surface area contributed by atoms with E-state index in [4.69, 9.17) is 0 Å². The minimum absolute atomic E-state index is 0.249. The lowest BCUT2D eigenvalue weighted by Gasteiger charge is -2.13. The summed E-state index contributed by atoms with van der Waals surface area (Å²) in [5.41, 5.74) is 1.17. The normalized spacial score (nSPS) is 18.2. The summed E-state index contributed by atoms with van der Waals surface area (Å²) in [5.74, 6) is 0. The van der Waals surface area contributed by atoms with Crippen molar-refractivity contribution < 1.29 is 8.78 Å². The van der Waals surface area contributed by atoms with Crippen molar-refractivity contribution in [2.45, 2.75) is 32.6 Å². The molecular formula is C9H12F2. The van der Waals surface area contributed by atoms with Crippen LogP contribution in [-0.4, -0.2) is 6.43 Å². The molecule has 0 spiro atoms. The lowest BCUT2D eigenvalue weighted by atomic mass is 9.96. The fraction of sp³-hybridized carbons (Fsp3) is 0.556. The van der Waals surface area contributed by atoms with E-state index in [1.54, 1.807) is 6.08 Å². The minimum Gasteiger partial charge on any atom is -0.205 e. The SMILES string of the molecule is CCC1=C(C(F)F)C=CCC1. The molecule has 62 valence electrons. The number of rotatable bonds is 2. The molecule has 0 amide bonds. The first-order valence-corrected chi connectivity index (χ1v) is 3.92. The van der Waals surface area contributed by atoms with Gasteiger partial charge in [-0.05, 0) is 19.3 Å². The fourth-order valence-electron chi connectivity index (χ4n) is 1.34. The second kappa shape index (κ2) is 3.65. The largest absolute Gasteiger partial charge is 0.263 e. The molecule has 0 radical (unpaired) electrons. The Morgan fingerprint density at radius 3 is 2.73 bits per heavy atom. The van der Waals surface area contributed by atoms with Crippen LogP contribution in [0.2, 0.25) is 0 Å².